The van der Waals surface area contributed by atoms with E-state index < -0.39 is 15.5 Å². The van der Waals surface area contributed by atoms with E-state index in [2.05, 4.69) is 26.0 Å². The first-order valence-electron chi connectivity index (χ1n) is 8.31. The molecule has 0 radical (unpaired) electrons. The van der Waals surface area contributed by atoms with Crippen molar-refractivity contribution in [2.75, 3.05) is 0 Å². The normalized spacial score (nSPS) is 18.0. The monoisotopic (exact) mass is 346 g/mol. The van der Waals surface area contributed by atoms with Crippen molar-refractivity contribution in [3.8, 4) is 0 Å². The van der Waals surface area contributed by atoms with E-state index in [1.807, 2.05) is 42.7 Å². The van der Waals surface area contributed by atoms with Crippen LogP contribution in [0.4, 0.5) is 5.69 Å². The summed E-state index contributed by atoms with van der Waals surface area (Å²) in [6.45, 7) is 8.11. The lowest BCUT2D eigenvalue weighted by molar-refractivity contribution is -0.459. The zero-order valence-corrected chi connectivity index (χ0v) is 15.4. The summed E-state index contributed by atoms with van der Waals surface area (Å²) < 4.78 is 35.7. The van der Waals surface area contributed by atoms with Crippen molar-refractivity contribution in [1.82, 2.24) is 0 Å². The largest absolute Gasteiger partial charge is 0.329 e. The third-order valence-electron chi connectivity index (χ3n) is 5.22. The molecule has 0 saturated carbocycles. The molecule has 1 N–H and O–H groups in total. The summed E-state index contributed by atoms with van der Waals surface area (Å²) in [6.07, 6.45) is 1.07. The fraction of sp³-hybridized carbons (Fsp3) is 0.421. The van der Waals surface area contributed by atoms with Crippen LogP contribution in [0.5, 0.6) is 0 Å². The van der Waals surface area contributed by atoms with Gasteiger partial charge in [0.05, 0.1) is 5.41 Å². The molecule has 0 amide bonds. The lowest BCUT2D eigenvalue weighted by Gasteiger charge is -2.17. The lowest BCUT2D eigenvalue weighted by atomic mass is 9.80. The molecule has 0 fully saturated rings. The molecule has 1 aliphatic heterocycles. The maximum Gasteiger partial charge on any atom is 0.329 e. The number of rotatable bonds is 4. The molecule has 0 saturated heterocycles. The molecule has 0 aliphatic carbocycles. The quantitative estimate of drug-likeness (QED) is 0.665. The number of hydrogen-bond donors (Lipinski definition) is 1. The fourth-order valence-electron chi connectivity index (χ4n) is 3.81. The van der Waals surface area contributed by atoms with E-state index in [1.165, 1.54) is 0 Å². The highest BCUT2D eigenvalue weighted by molar-refractivity contribution is 7.86. The van der Waals surface area contributed by atoms with Crippen LogP contribution in [0.2, 0.25) is 0 Å². The van der Waals surface area contributed by atoms with Crippen molar-refractivity contribution in [3.05, 3.63) is 42.0 Å². The van der Waals surface area contributed by atoms with Gasteiger partial charge in [-0.2, -0.15) is 13.0 Å². The number of fused-ring (bicyclic) bond motifs is 3. The summed E-state index contributed by atoms with van der Waals surface area (Å²) in [4.78, 5) is 0. The molecule has 5 heteroatoms. The summed E-state index contributed by atoms with van der Waals surface area (Å²) in [7, 11) is -4.18. The Kier molecular flexibility index (Phi) is 4.04. The third-order valence-corrected chi connectivity index (χ3v) is 6.36. The van der Waals surface area contributed by atoms with Gasteiger partial charge in [0, 0.05) is 25.0 Å². The van der Waals surface area contributed by atoms with Gasteiger partial charge in [0.2, 0.25) is 5.69 Å². The van der Waals surface area contributed by atoms with Gasteiger partial charge in [0.1, 0.15) is 0 Å². The van der Waals surface area contributed by atoms with E-state index in [-0.39, 0.29) is 5.41 Å². The van der Waals surface area contributed by atoms with Gasteiger partial charge < -0.3 is 0 Å². The topological polar surface area (TPSA) is 57.4 Å². The Morgan fingerprint density at radius 1 is 1.17 bits per heavy atom. The lowest BCUT2D eigenvalue weighted by Crippen LogP contribution is -2.35. The van der Waals surface area contributed by atoms with Crippen LogP contribution in [0.1, 0.15) is 46.1 Å². The second-order valence-corrected chi connectivity index (χ2v) is 8.59. The fourth-order valence-corrected chi connectivity index (χ4v) is 4.88. The Balaban J connectivity index is 2.35. The van der Waals surface area contributed by atoms with E-state index in [0.717, 1.165) is 27.7 Å². The van der Waals surface area contributed by atoms with Gasteiger partial charge in [0.15, 0.2) is 5.71 Å². The standard InChI is InChI=1S/C19H23NO3S/c1-5-8-17(24(21,22)23)20-13(2)19(3,4)18-15-10-7-6-9-14(15)11-12-16(18)20/h6-7,9-12,17H,5,8H2,1-4H3/p+1. The van der Waals surface area contributed by atoms with Gasteiger partial charge in [-0.3, -0.25) is 4.55 Å². The summed E-state index contributed by atoms with van der Waals surface area (Å²) in [5.74, 6) is 0. The molecule has 0 spiro atoms. The first-order chi connectivity index (χ1) is 11.2. The van der Waals surface area contributed by atoms with Gasteiger partial charge in [-0.25, -0.2) is 0 Å². The van der Waals surface area contributed by atoms with Gasteiger partial charge in [-0.05, 0) is 37.1 Å². The molecule has 1 aliphatic rings. The molecular weight excluding hydrogens is 322 g/mol. The zero-order valence-electron chi connectivity index (χ0n) is 14.6. The molecule has 3 rings (SSSR count). The first-order valence-corrected chi connectivity index (χ1v) is 9.81. The second kappa shape index (κ2) is 5.67. The molecule has 4 nitrogen and oxygen atoms in total. The maximum atomic E-state index is 12.0. The number of nitrogens with zero attached hydrogens (tertiary/aromatic N) is 1. The van der Waals surface area contributed by atoms with Crippen molar-refractivity contribution < 1.29 is 17.5 Å². The zero-order chi connectivity index (χ0) is 17.7. The highest BCUT2D eigenvalue weighted by Gasteiger charge is 2.49. The molecule has 1 unspecified atom stereocenters. The molecular formula is C19H24NO3S+. The van der Waals surface area contributed by atoms with Crippen LogP contribution in [-0.4, -0.2) is 28.6 Å². The highest BCUT2D eigenvalue weighted by Crippen LogP contribution is 2.45. The minimum Gasteiger partial charge on any atom is -0.280 e. The van der Waals surface area contributed by atoms with Crippen molar-refractivity contribution in [2.45, 2.75) is 51.3 Å². The summed E-state index contributed by atoms with van der Waals surface area (Å²) in [5.41, 5.74) is 2.66. The van der Waals surface area contributed by atoms with Gasteiger partial charge >= 0.3 is 10.1 Å². The van der Waals surface area contributed by atoms with E-state index in [4.69, 9.17) is 0 Å². The predicted molar refractivity (Wildman–Crippen MR) is 97.8 cm³/mol. The Morgan fingerprint density at radius 2 is 1.83 bits per heavy atom. The van der Waals surface area contributed by atoms with Gasteiger partial charge in [-0.1, -0.05) is 31.2 Å². The summed E-state index contributed by atoms with van der Waals surface area (Å²) >= 11 is 0. The van der Waals surface area contributed by atoms with Crippen LogP contribution < -0.4 is 0 Å². The van der Waals surface area contributed by atoms with Crippen LogP contribution in [0, 0.1) is 0 Å². The summed E-state index contributed by atoms with van der Waals surface area (Å²) in [5, 5.41) is 1.33. The number of benzene rings is 2. The molecule has 0 bridgehead atoms. The predicted octanol–water partition coefficient (Wildman–Crippen LogP) is 4.25. The van der Waals surface area contributed by atoms with Crippen LogP contribution in [0.25, 0.3) is 10.8 Å². The molecule has 2 aromatic rings. The van der Waals surface area contributed by atoms with E-state index >= 15 is 0 Å². The third kappa shape index (κ3) is 2.47. The molecule has 2 aromatic carbocycles. The smallest absolute Gasteiger partial charge is 0.280 e. The van der Waals surface area contributed by atoms with Crippen molar-refractivity contribution in [2.24, 2.45) is 0 Å². The molecule has 0 aromatic heterocycles. The van der Waals surface area contributed by atoms with Crippen LogP contribution >= 0.6 is 0 Å². The minimum absolute atomic E-state index is 0.299. The Labute approximate surface area is 143 Å². The Hall–Kier alpha value is -1.72. The van der Waals surface area contributed by atoms with E-state index in [9.17, 15) is 13.0 Å². The minimum atomic E-state index is -4.18. The molecule has 1 atom stereocenters. The highest BCUT2D eigenvalue weighted by atomic mass is 32.2. The van der Waals surface area contributed by atoms with Crippen LogP contribution in [0.3, 0.4) is 0 Å². The van der Waals surface area contributed by atoms with Crippen molar-refractivity contribution >= 4 is 32.3 Å². The first kappa shape index (κ1) is 17.1. The Bertz CT molecular complexity index is 942. The SMILES string of the molecule is CCCC([N+]1=C(C)C(C)(C)c2c1ccc1ccccc21)S(=O)(=O)O. The van der Waals surface area contributed by atoms with Crippen LogP contribution in [0.15, 0.2) is 36.4 Å². The average molecular weight is 346 g/mol. The maximum absolute atomic E-state index is 12.0. The molecule has 1 heterocycles. The average Bonchev–Trinajstić information content (AvgIpc) is 2.71. The Morgan fingerprint density at radius 3 is 2.46 bits per heavy atom. The van der Waals surface area contributed by atoms with Gasteiger partial charge in [0.25, 0.3) is 5.37 Å². The van der Waals surface area contributed by atoms with E-state index in [0.29, 0.717) is 12.8 Å². The van der Waals surface area contributed by atoms with Gasteiger partial charge in [-0.15, -0.1) is 0 Å². The van der Waals surface area contributed by atoms with Crippen molar-refractivity contribution in [3.63, 3.8) is 0 Å². The van der Waals surface area contributed by atoms with E-state index in [1.54, 1.807) is 0 Å². The number of hydrogen-bond acceptors (Lipinski definition) is 2. The molecule has 24 heavy (non-hydrogen) atoms. The molecule has 128 valence electrons. The van der Waals surface area contributed by atoms with Crippen molar-refractivity contribution in [1.29, 1.82) is 0 Å². The second-order valence-electron chi connectivity index (χ2n) is 7.02. The summed E-state index contributed by atoms with van der Waals surface area (Å²) in [6, 6.07) is 12.1. The van der Waals surface area contributed by atoms with Crippen LogP contribution in [-0.2, 0) is 15.5 Å².